The third-order valence-electron chi connectivity index (χ3n) is 8.83. The number of carbonyl (C=O) groups excluding carboxylic acids is 3. The molecular formula is C43H55N5O10S3Si. The molecule has 15 nitrogen and oxygen atoms in total. The zero-order valence-corrected chi connectivity index (χ0v) is 39.8. The molecule has 1 aromatic heterocycles. The van der Waals surface area contributed by atoms with Gasteiger partial charge in [-0.2, -0.15) is 0 Å². The Morgan fingerprint density at radius 2 is 1.63 bits per heavy atom. The van der Waals surface area contributed by atoms with E-state index in [9.17, 15) is 32.7 Å². The largest absolute Gasteiger partial charge is 0.493 e. The number of thiophene rings is 1. The first-order chi connectivity index (χ1) is 29.0. The molecule has 0 unspecified atom stereocenters. The minimum Gasteiger partial charge on any atom is -0.493 e. The van der Waals surface area contributed by atoms with Crippen LogP contribution < -0.4 is 26.0 Å². The van der Waals surface area contributed by atoms with Gasteiger partial charge in [0.2, 0.25) is 9.84 Å². The lowest BCUT2D eigenvalue weighted by atomic mass is 9.97. The second-order valence-electron chi connectivity index (χ2n) is 16.4. The van der Waals surface area contributed by atoms with E-state index in [0.29, 0.717) is 33.2 Å². The minimum absolute atomic E-state index is 0.0577. The van der Waals surface area contributed by atoms with Gasteiger partial charge in [0.15, 0.2) is 0 Å². The van der Waals surface area contributed by atoms with Crippen molar-refractivity contribution in [3.05, 3.63) is 76.7 Å². The number of anilines is 3. The first-order valence-corrected chi connectivity index (χ1v) is 27.0. The number of thioether (sulfide) groups is 1. The molecule has 62 heavy (non-hydrogen) atoms. The van der Waals surface area contributed by atoms with E-state index >= 15 is 0 Å². The van der Waals surface area contributed by atoms with Crippen LogP contribution in [0.15, 0.2) is 74.7 Å². The standard InChI is InChI=1S/C43H55N5O10S3Si/c1-10-11-12-18-56-33-17-16-28(23-31(33)38(49)50)45-40(51)47-32-24-29(46-41(52)57-19-20-62(7,8)9)21-26(2)36(32)27-14-13-15-30(22-27)61(54,55)35-25-34(60-39(35)59-6)37(44)48-42(53)58-43(3,4)5/h13-17,21-25H,10-12,18-20H2,1-9H3,(H,46,52)(H,49,50)(H2,44,48,53)(H2,45,47,51). The minimum atomic E-state index is -4.22. The number of amidine groups is 1. The Bertz CT molecular complexity index is 2420. The van der Waals surface area contributed by atoms with Crippen LogP contribution in [0.1, 0.15) is 67.8 Å². The van der Waals surface area contributed by atoms with Gasteiger partial charge in [0.1, 0.15) is 22.7 Å². The first-order valence-electron chi connectivity index (χ1n) is 19.8. The molecule has 0 saturated carbocycles. The van der Waals surface area contributed by atoms with Crippen LogP contribution in [0.3, 0.4) is 0 Å². The van der Waals surface area contributed by atoms with E-state index in [1.807, 2.05) is 6.92 Å². The Morgan fingerprint density at radius 1 is 0.903 bits per heavy atom. The van der Waals surface area contributed by atoms with Crippen LogP contribution >= 0.6 is 23.1 Å². The van der Waals surface area contributed by atoms with Crippen molar-refractivity contribution in [3.63, 3.8) is 0 Å². The molecule has 3 aromatic carbocycles. The van der Waals surface area contributed by atoms with Gasteiger partial charge in [-0.3, -0.25) is 16.0 Å². The van der Waals surface area contributed by atoms with Gasteiger partial charge in [0, 0.05) is 25.0 Å². The number of aryl methyl sites for hydroxylation is 1. The summed E-state index contributed by atoms with van der Waals surface area (Å²) in [5.74, 6) is -1.39. The molecule has 1 heterocycles. The molecule has 0 aliphatic carbocycles. The Morgan fingerprint density at radius 3 is 2.27 bits per heavy atom. The average Bonchev–Trinajstić information content (AvgIpc) is 3.61. The summed E-state index contributed by atoms with van der Waals surface area (Å²) < 4.78 is 45.5. The number of alkyl carbamates (subject to hydrolysis) is 1. The van der Waals surface area contributed by atoms with E-state index in [4.69, 9.17) is 19.6 Å². The molecule has 0 aliphatic heterocycles. The molecule has 0 bridgehead atoms. The lowest BCUT2D eigenvalue weighted by molar-refractivity contribution is 0.0562. The van der Waals surface area contributed by atoms with Crippen molar-refractivity contribution in [1.82, 2.24) is 5.32 Å². The summed E-state index contributed by atoms with van der Waals surface area (Å²) in [7, 11) is -5.71. The number of carboxylic acid groups (broad SMARTS) is 1. The highest BCUT2D eigenvalue weighted by molar-refractivity contribution is 8.01. The number of carboxylic acids is 1. The summed E-state index contributed by atoms with van der Waals surface area (Å²) in [5.41, 5.74) is 1.09. The second-order valence-corrected chi connectivity index (χ2v) is 26.1. The predicted molar refractivity (Wildman–Crippen MR) is 249 cm³/mol. The van der Waals surface area contributed by atoms with Crippen LogP contribution in [0.4, 0.5) is 31.4 Å². The molecule has 19 heteroatoms. The maximum absolute atomic E-state index is 14.3. The van der Waals surface area contributed by atoms with Crippen molar-refractivity contribution in [2.75, 3.05) is 35.4 Å². The number of ether oxygens (including phenoxy) is 3. The summed E-state index contributed by atoms with van der Waals surface area (Å²) in [4.78, 5) is 51.1. The van der Waals surface area contributed by atoms with Crippen LogP contribution in [-0.4, -0.2) is 76.7 Å². The smallest absolute Gasteiger partial charge is 0.413 e. The lowest BCUT2D eigenvalue weighted by Crippen LogP contribution is -2.36. The molecule has 4 rings (SSSR count). The Balaban J connectivity index is 1.71. The number of aromatic carboxylic acids is 1. The number of unbranched alkanes of at least 4 members (excludes halogenated alkanes) is 2. The molecule has 0 fully saturated rings. The second kappa shape index (κ2) is 21.1. The quantitative estimate of drug-likeness (QED) is 0.0192. The van der Waals surface area contributed by atoms with Gasteiger partial charge in [-0.1, -0.05) is 51.5 Å². The SMILES string of the molecule is CCCCCOc1ccc(NC(=O)Nc2cc(NC(=O)OCC[Si](C)(C)C)cc(C)c2-c2cccc(S(=O)(=O)c3cc(C(=N)NC(=O)OC(C)(C)C)sc3SC)c2)cc1C(=O)O. The molecule has 0 saturated heterocycles. The van der Waals surface area contributed by atoms with Crippen molar-refractivity contribution in [2.24, 2.45) is 0 Å². The van der Waals surface area contributed by atoms with Crippen LogP contribution in [0.2, 0.25) is 25.7 Å². The monoisotopic (exact) mass is 925 g/mol. The van der Waals surface area contributed by atoms with Crippen LogP contribution in [0, 0.1) is 12.3 Å². The summed E-state index contributed by atoms with van der Waals surface area (Å²) in [5, 5.41) is 28.9. The number of hydrogen-bond acceptors (Lipinski definition) is 12. The molecule has 0 radical (unpaired) electrons. The Kier molecular flexibility index (Phi) is 16.8. The van der Waals surface area contributed by atoms with Gasteiger partial charge in [-0.25, -0.2) is 27.6 Å². The van der Waals surface area contributed by atoms with E-state index in [2.05, 4.69) is 40.9 Å². The molecule has 6 N–H and O–H groups in total. The fraction of sp³-hybridized carbons (Fsp3) is 0.372. The van der Waals surface area contributed by atoms with E-state index in [1.165, 1.54) is 54.2 Å². The number of sulfone groups is 1. The van der Waals surface area contributed by atoms with Gasteiger partial charge in [0.25, 0.3) is 0 Å². The number of hydrogen-bond donors (Lipinski definition) is 6. The summed E-state index contributed by atoms with van der Waals surface area (Å²) in [6.07, 6.45) is 2.83. The summed E-state index contributed by atoms with van der Waals surface area (Å²) in [6, 6.07) is 14.9. The van der Waals surface area contributed by atoms with Crippen LogP contribution in [-0.2, 0) is 19.3 Å². The average molecular weight is 926 g/mol. The van der Waals surface area contributed by atoms with E-state index in [-0.39, 0.29) is 49.8 Å². The zero-order chi connectivity index (χ0) is 46.0. The number of nitrogens with one attached hydrogen (secondary N) is 5. The van der Waals surface area contributed by atoms with Gasteiger partial charge in [-0.15, -0.1) is 23.1 Å². The Hall–Kier alpha value is -5.37. The fourth-order valence-electron chi connectivity index (χ4n) is 5.89. The van der Waals surface area contributed by atoms with Gasteiger partial charge in [-0.05, 0) is 106 Å². The third-order valence-corrected chi connectivity index (χ3v) is 14.9. The fourth-order valence-corrected chi connectivity index (χ4v) is 10.5. The zero-order valence-electron chi connectivity index (χ0n) is 36.4. The molecule has 0 spiro atoms. The van der Waals surface area contributed by atoms with Crippen molar-refractivity contribution in [1.29, 1.82) is 5.41 Å². The van der Waals surface area contributed by atoms with E-state index in [0.717, 1.165) is 36.6 Å². The van der Waals surface area contributed by atoms with Crippen molar-refractivity contribution >= 4 is 88.1 Å². The van der Waals surface area contributed by atoms with E-state index in [1.54, 1.807) is 52.1 Å². The first kappa shape index (κ1) is 49.3. The summed E-state index contributed by atoms with van der Waals surface area (Å²) in [6.45, 7) is 15.9. The van der Waals surface area contributed by atoms with E-state index < -0.39 is 47.7 Å². The predicted octanol–water partition coefficient (Wildman–Crippen LogP) is 10.9. The number of urea groups is 1. The highest BCUT2D eigenvalue weighted by Gasteiger charge is 2.28. The topological polar surface area (TPSA) is 222 Å². The number of rotatable bonds is 17. The Labute approximate surface area is 372 Å². The maximum Gasteiger partial charge on any atom is 0.413 e. The third kappa shape index (κ3) is 14.1. The normalized spacial score (nSPS) is 11.6. The highest BCUT2D eigenvalue weighted by atomic mass is 32.2. The van der Waals surface area contributed by atoms with Crippen molar-refractivity contribution in [3.8, 4) is 16.9 Å². The van der Waals surface area contributed by atoms with Crippen molar-refractivity contribution in [2.45, 2.75) is 99.2 Å². The highest BCUT2D eigenvalue weighted by Crippen LogP contribution is 2.40. The maximum atomic E-state index is 14.3. The van der Waals surface area contributed by atoms with Gasteiger partial charge in [0.05, 0.1) is 37.8 Å². The number of amides is 4. The molecular weight excluding hydrogens is 871 g/mol. The van der Waals surface area contributed by atoms with Gasteiger partial charge < -0.3 is 30.0 Å². The van der Waals surface area contributed by atoms with Crippen molar-refractivity contribution < 1.29 is 46.9 Å². The number of carbonyl (C=O) groups is 4. The molecule has 0 aliphatic rings. The molecule has 334 valence electrons. The lowest BCUT2D eigenvalue weighted by Gasteiger charge is -2.19. The molecule has 4 amide bonds. The van der Waals surface area contributed by atoms with Gasteiger partial charge >= 0.3 is 24.2 Å². The molecule has 0 atom stereocenters. The van der Waals surface area contributed by atoms with Crippen LogP contribution in [0.25, 0.3) is 11.1 Å². The molecule has 4 aromatic rings. The van der Waals surface area contributed by atoms with Crippen LogP contribution in [0.5, 0.6) is 5.75 Å². The summed E-state index contributed by atoms with van der Waals surface area (Å²) >= 11 is 2.21. The number of benzene rings is 3.